The van der Waals surface area contributed by atoms with Gasteiger partial charge in [0.15, 0.2) is 11.5 Å². The topological polar surface area (TPSA) is 67.9 Å². The van der Waals surface area contributed by atoms with Gasteiger partial charge in [-0.25, -0.2) is 0 Å². The first-order chi connectivity index (χ1) is 13.1. The van der Waals surface area contributed by atoms with Gasteiger partial charge in [0.05, 0.1) is 18.2 Å². The number of methoxy groups -OCH3 is 1. The van der Waals surface area contributed by atoms with Gasteiger partial charge in [0, 0.05) is 31.6 Å². The van der Waals surface area contributed by atoms with Crippen LogP contribution in [0.2, 0.25) is 0 Å². The van der Waals surface area contributed by atoms with E-state index in [0.717, 1.165) is 38.6 Å². The Bertz CT molecular complexity index is 651. The smallest absolute Gasteiger partial charge is 0.251 e. The highest BCUT2D eigenvalue weighted by Gasteiger charge is 2.17. The average molecular weight is 441 g/mol. The molecule has 0 bridgehead atoms. The number of carbonyl (C=O) groups is 2. The molecule has 1 aromatic rings. The molecule has 1 aliphatic rings. The van der Waals surface area contributed by atoms with E-state index >= 15 is 0 Å². The highest BCUT2D eigenvalue weighted by atomic mass is 79.9. The number of hydrogen-bond donors (Lipinski definition) is 1. The molecule has 0 aliphatic carbocycles. The van der Waals surface area contributed by atoms with E-state index in [9.17, 15) is 9.59 Å². The van der Waals surface area contributed by atoms with Gasteiger partial charge < -0.3 is 19.7 Å². The number of hydrogen-bond acceptors (Lipinski definition) is 4. The summed E-state index contributed by atoms with van der Waals surface area (Å²) in [6.45, 7) is 4.65. The molecule has 0 saturated carbocycles. The number of amides is 2. The van der Waals surface area contributed by atoms with Crippen LogP contribution in [0.1, 0.15) is 55.8 Å². The normalized spacial score (nSPS) is 14.6. The van der Waals surface area contributed by atoms with E-state index in [1.54, 1.807) is 19.2 Å². The maximum Gasteiger partial charge on any atom is 0.251 e. The molecule has 0 aromatic heterocycles. The van der Waals surface area contributed by atoms with Crippen molar-refractivity contribution in [3.05, 3.63) is 22.2 Å². The summed E-state index contributed by atoms with van der Waals surface area (Å²) in [5, 5.41) is 2.92. The Labute approximate surface area is 169 Å². The average Bonchev–Trinajstić information content (AvgIpc) is 2.87. The van der Waals surface area contributed by atoms with E-state index in [2.05, 4.69) is 21.2 Å². The van der Waals surface area contributed by atoms with Gasteiger partial charge >= 0.3 is 0 Å². The minimum absolute atomic E-state index is 0.168. The standard InChI is InChI=1S/C20H29BrN2O4/c1-3-12-27-19-16(21)13-15(14-17(19)26-2)20(25)22-9-7-11-23-10-6-4-5-8-18(23)24/h13-14H,3-12H2,1-2H3,(H,22,25). The number of benzene rings is 1. The van der Waals surface area contributed by atoms with Gasteiger partial charge in [0.25, 0.3) is 5.91 Å². The molecule has 2 rings (SSSR count). The van der Waals surface area contributed by atoms with Crippen molar-refractivity contribution in [1.29, 1.82) is 0 Å². The predicted molar refractivity (Wildman–Crippen MR) is 108 cm³/mol. The number of likely N-dealkylation sites (tertiary alicyclic amines) is 1. The van der Waals surface area contributed by atoms with Crippen molar-refractivity contribution in [3.63, 3.8) is 0 Å². The summed E-state index contributed by atoms with van der Waals surface area (Å²) in [6.07, 6.45) is 5.45. The fraction of sp³-hybridized carbons (Fsp3) is 0.600. The number of nitrogens with zero attached hydrogens (tertiary/aromatic N) is 1. The highest BCUT2D eigenvalue weighted by Crippen LogP contribution is 2.36. The van der Waals surface area contributed by atoms with E-state index in [1.165, 1.54) is 0 Å². The predicted octanol–water partition coefficient (Wildman–Crippen LogP) is 3.77. The second kappa shape index (κ2) is 11.2. The molecule has 1 aromatic carbocycles. The molecule has 1 fully saturated rings. The summed E-state index contributed by atoms with van der Waals surface area (Å²) in [7, 11) is 1.56. The van der Waals surface area contributed by atoms with E-state index in [-0.39, 0.29) is 11.8 Å². The van der Waals surface area contributed by atoms with E-state index < -0.39 is 0 Å². The lowest BCUT2D eigenvalue weighted by atomic mass is 10.2. The Kier molecular flexibility index (Phi) is 8.91. The number of carbonyl (C=O) groups excluding carboxylic acids is 2. The van der Waals surface area contributed by atoms with Crippen molar-refractivity contribution in [2.24, 2.45) is 0 Å². The van der Waals surface area contributed by atoms with Crippen LogP contribution < -0.4 is 14.8 Å². The maximum atomic E-state index is 12.5. The van der Waals surface area contributed by atoms with Crippen LogP contribution in [0.4, 0.5) is 0 Å². The van der Waals surface area contributed by atoms with E-state index in [4.69, 9.17) is 9.47 Å². The molecule has 0 spiro atoms. The summed E-state index contributed by atoms with van der Waals surface area (Å²) < 4.78 is 11.7. The van der Waals surface area contributed by atoms with Crippen LogP contribution >= 0.6 is 15.9 Å². The quantitative estimate of drug-likeness (QED) is 0.593. The second-order valence-electron chi connectivity index (χ2n) is 6.64. The molecule has 0 unspecified atom stereocenters. The Morgan fingerprint density at radius 1 is 1.30 bits per heavy atom. The molecular weight excluding hydrogens is 412 g/mol. The third-order valence-electron chi connectivity index (χ3n) is 4.50. The Balaban J connectivity index is 1.88. The molecule has 27 heavy (non-hydrogen) atoms. The molecule has 1 aliphatic heterocycles. The molecule has 6 nitrogen and oxygen atoms in total. The Morgan fingerprint density at radius 3 is 2.85 bits per heavy atom. The van der Waals surface area contributed by atoms with Crippen LogP contribution in [0.3, 0.4) is 0 Å². The van der Waals surface area contributed by atoms with Gasteiger partial charge in [0.1, 0.15) is 0 Å². The van der Waals surface area contributed by atoms with Crippen LogP contribution in [0, 0.1) is 0 Å². The van der Waals surface area contributed by atoms with Gasteiger partial charge in [-0.3, -0.25) is 9.59 Å². The van der Waals surface area contributed by atoms with Gasteiger partial charge in [-0.15, -0.1) is 0 Å². The summed E-state index contributed by atoms with van der Waals surface area (Å²) in [5.74, 6) is 1.20. The lowest BCUT2D eigenvalue weighted by Gasteiger charge is -2.20. The van der Waals surface area contributed by atoms with Gasteiger partial charge in [-0.2, -0.15) is 0 Å². The number of halogens is 1. The highest BCUT2D eigenvalue weighted by molar-refractivity contribution is 9.10. The summed E-state index contributed by atoms with van der Waals surface area (Å²) in [4.78, 5) is 26.4. The molecule has 150 valence electrons. The fourth-order valence-corrected chi connectivity index (χ4v) is 3.60. The lowest BCUT2D eigenvalue weighted by molar-refractivity contribution is -0.130. The molecule has 0 atom stereocenters. The van der Waals surface area contributed by atoms with Crippen molar-refractivity contribution < 1.29 is 19.1 Å². The molecule has 1 heterocycles. The first-order valence-corrected chi connectivity index (χ1v) is 10.4. The summed E-state index contributed by atoms with van der Waals surface area (Å²) in [6, 6.07) is 3.42. The number of ether oxygens (including phenoxy) is 2. The molecule has 2 amide bonds. The zero-order valence-corrected chi connectivity index (χ0v) is 17.8. The van der Waals surface area contributed by atoms with Crippen molar-refractivity contribution in [1.82, 2.24) is 10.2 Å². The minimum atomic E-state index is -0.168. The Morgan fingerprint density at radius 2 is 2.11 bits per heavy atom. The molecule has 0 radical (unpaired) electrons. The largest absolute Gasteiger partial charge is 0.493 e. The third-order valence-corrected chi connectivity index (χ3v) is 5.09. The van der Waals surface area contributed by atoms with Crippen molar-refractivity contribution in [3.8, 4) is 11.5 Å². The first kappa shape index (κ1) is 21.5. The van der Waals surface area contributed by atoms with E-state index in [1.807, 2.05) is 11.8 Å². The Hall–Kier alpha value is -1.76. The zero-order valence-electron chi connectivity index (χ0n) is 16.2. The van der Waals surface area contributed by atoms with Gasteiger partial charge in [-0.05, 0) is 53.7 Å². The molecule has 1 saturated heterocycles. The SMILES string of the molecule is CCCOc1c(Br)cc(C(=O)NCCCN2CCCCCC2=O)cc1OC. The maximum absolute atomic E-state index is 12.5. The minimum Gasteiger partial charge on any atom is -0.493 e. The summed E-state index contributed by atoms with van der Waals surface area (Å²) in [5.41, 5.74) is 0.508. The first-order valence-electron chi connectivity index (χ1n) is 9.63. The summed E-state index contributed by atoms with van der Waals surface area (Å²) >= 11 is 3.46. The van der Waals surface area contributed by atoms with Crippen LogP contribution in [-0.4, -0.2) is 50.1 Å². The zero-order chi connectivity index (χ0) is 19.6. The number of rotatable bonds is 9. The second-order valence-corrected chi connectivity index (χ2v) is 7.49. The van der Waals surface area contributed by atoms with E-state index in [0.29, 0.717) is 47.7 Å². The molecular formula is C20H29BrN2O4. The van der Waals surface area contributed by atoms with Crippen LogP contribution in [0.25, 0.3) is 0 Å². The van der Waals surface area contributed by atoms with Crippen molar-refractivity contribution in [2.45, 2.75) is 45.4 Å². The van der Waals surface area contributed by atoms with Crippen molar-refractivity contribution in [2.75, 3.05) is 33.4 Å². The lowest BCUT2D eigenvalue weighted by Crippen LogP contribution is -2.34. The van der Waals surface area contributed by atoms with Crippen LogP contribution in [0.5, 0.6) is 11.5 Å². The van der Waals surface area contributed by atoms with Crippen molar-refractivity contribution >= 4 is 27.7 Å². The van der Waals surface area contributed by atoms with Crippen LogP contribution in [0.15, 0.2) is 16.6 Å². The van der Waals surface area contributed by atoms with Gasteiger partial charge in [0.2, 0.25) is 5.91 Å². The number of nitrogens with one attached hydrogen (secondary N) is 1. The monoisotopic (exact) mass is 440 g/mol. The molecule has 7 heteroatoms. The molecule has 1 N–H and O–H groups in total. The van der Waals surface area contributed by atoms with Crippen LogP contribution in [-0.2, 0) is 4.79 Å². The van der Waals surface area contributed by atoms with Gasteiger partial charge in [-0.1, -0.05) is 13.3 Å². The fourth-order valence-electron chi connectivity index (χ4n) is 3.04. The third kappa shape index (κ3) is 6.41.